The van der Waals surface area contributed by atoms with E-state index < -0.39 is 0 Å². The Bertz CT molecular complexity index is 50.9. The molecule has 0 atom stereocenters. The first kappa shape index (κ1) is 6.62. The van der Waals surface area contributed by atoms with Crippen LogP contribution >= 0.6 is 0 Å². The number of nitrogens with zero attached hydrogens (tertiary/aromatic N) is 1. The van der Waals surface area contributed by atoms with E-state index in [0.29, 0.717) is 6.54 Å². The van der Waals surface area contributed by atoms with Crippen molar-refractivity contribution >= 4 is 0 Å². The van der Waals surface area contributed by atoms with Crippen LogP contribution in [-0.2, 0) is 0 Å². The molecule has 7 heavy (non-hydrogen) atoms. The molecule has 0 saturated carbocycles. The zero-order chi connectivity index (χ0) is 5.70. The van der Waals surface area contributed by atoms with Crippen molar-refractivity contribution in [3.8, 4) is 0 Å². The SMILES string of the molecule is C=CCCN(N)N. The van der Waals surface area contributed by atoms with Crippen molar-refractivity contribution in [2.75, 3.05) is 6.54 Å². The monoisotopic (exact) mass is 101 g/mol. The summed E-state index contributed by atoms with van der Waals surface area (Å²) in [5, 5.41) is 1.14. The van der Waals surface area contributed by atoms with Gasteiger partial charge in [-0.05, 0) is 6.42 Å². The van der Waals surface area contributed by atoms with Crippen LogP contribution in [0.25, 0.3) is 0 Å². The molecule has 0 radical (unpaired) electrons. The van der Waals surface area contributed by atoms with Crippen molar-refractivity contribution in [3.05, 3.63) is 12.7 Å². The lowest BCUT2D eigenvalue weighted by molar-refractivity contribution is 0.300. The van der Waals surface area contributed by atoms with Gasteiger partial charge in [-0.3, -0.25) is 11.7 Å². The van der Waals surface area contributed by atoms with E-state index in [0.717, 1.165) is 11.5 Å². The van der Waals surface area contributed by atoms with Crippen LogP contribution in [0.3, 0.4) is 0 Å². The minimum atomic E-state index is 0.670. The molecule has 42 valence electrons. The van der Waals surface area contributed by atoms with Crippen LogP contribution in [0.15, 0.2) is 12.7 Å². The van der Waals surface area contributed by atoms with Gasteiger partial charge in [0.1, 0.15) is 0 Å². The molecule has 3 nitrogen and oxygen atoms in total. The van der Waals surface area contributed by atoms with Crippen molar-refractivity contribution in [2.45, 2.75) is 6.42 Å². The average molecular weight is 101 g/mol. The standard InChI is InChI=1S/C4H11N3/c1-2-3-4-7(5)6/h2H,1,3-6H2. The fraction of sp³-hybridized carbons (Fsp3) is 0.500. The Labute approximate surface area is 43.5 Å². The second-order valence-corrected chi connectivity index (χ2v) is 1.32. The van der Waals surface area contributed by atoms with Gasteiger partial charge in [0, 0.05) is 6.54 Å². The molecule has 0 bridgehead atoms. The Kier molecular flexibility index (Phi) is 3.59. The van der Waals surface area contributed by atoms with Crippen molar-refractivity contribution in [1.82, 2.24) is 5.12 Å². The zero-order valence-corrected chi connectivity index (χ0v) is 4.30. The first-order valence-corrected chi connectivity index (χ1v) is 2.15. The molecular formula is C4H11N3. The third kappa shape index (κ3) is 5.62. The van der Waals surface area contributed by atoms with Crippen LogP contribution in [0.4, 0.5) is 0 Å². The summed E-state index contributed by atoms with van der Waals surface area (Å²) >= 11 is 0. The highest BCUT2D eigenvalue weighted by Crippen LogP contribution is 1.75. The summed E-state index contributed by atoms with van der Waals surface area (Å²) in [6.45, 7) is 4.16. The summed E-state index contributed by atoms with van der Waals surface area (Å²) in [5.74, 6) is 10.1. The molecule has 0 aromatic carbocycles. The first-order valence-electron chi connectivity index (χ1n) is 2.15. The first-order chi connectivity index (χ1) is 3.27. The quantitative estimate of drug-likeness (QED) is 0.289. The summed E-state index contributed by atoms with van der Waals surface area (Å²) in [6.07, 6.45) is 2.61. The third-order valence-corrected chi connectivity index (χ3v) is 0.591. The highest BCUT2D eigenvalue weighted by Gasteiger charge is 1.82. The van der Waals surface area contributed by atoms with Crippen molar-refractivity contribution in [3.63, 3.8) is 0 Å². The van der Waals surface area contributed by atoms with Gasteiger partial charge < -0.3 is 0 Å². The number of hydrogen-bond acceptors (Lipinski definition) is 3. The van der Waals surface area contributed by atoms with E-state index in [4.69, 9.17) is 11.7 Å². The van der Waals surface area contributed by atoms with Gasteiger partial charge in [-0.2, -0.15) is 5.12 Å². The lowest BCUT2D eigenvalue weighted by Gasteiger charge is -2.04. The van der Waals surface area contributed by atoms with Crippen LogP contribution in [0.5, 0.6) is 0 Å². The van der Waals surface area contributed by atoms with E-state index in [2.05, 4.69) is 6.58 Å². The van der Waals surface area contributed by atoms with Gasteiger partial charge in [0.2, 0.25) is 0 Å². The number of hydrogen-bond donors (Lipinski definition) is 2. The van der Waals surface area contributed by atoms with Crippen LogP contribution in [-0.4, -0.2) is 11.7 Å². The summed E-state index contributed by atoms with van der Waals surface area (Å²) in [5.41, 5.74) is 0. The molecule has 0 rings (SSSR count). The largest absolute Gasteiger partial charge is 0.255 e. The molecule has 0 saturated heterocycles. The molecule has 0 aliphatic rings. The maximum Gasteiger partial charge on any atom is 0.0317 e. The van der Waals surface area contributed by atoms with Gasteiger partial charge in [-0.15, -0.1) is 6.58 Å². The molecule has 0 heterocycles. The van der Waals surface area contributed by atoms with Gasteiger partial charge in [0.25, 0.3) is 0 Å². The van der Waals surface area contributed by atoms with E-state index in [1.165, 1.54) is 0 Å². The maximum absolute atomic E-state index is 5.04. The Balaban J connectivity index is 2.81. The smallest absolute Gasteiger partial charge is 0.0317 e. The van der Waals surface area contributed by atoms with Crippen molar-refractivity contribution in [2.24, 2.45) is 11.7 Å². The number of nitrogens with two attached hydrogens (primary N) is 2. The molecule has 0 fully saturated rings. The predicted octanol–water partition coefficient (Wildman–Crippen LogP) is -0.388. The third-order valence-electron chi connectivity index (χ3n) is 0.591. The molecule has 0 spiro atoms. The number of rotatable bonds is 3. The summed E-state index contributed by atoms with van der Waals surface area (Å²) in [6, 6.07) is 0. The van der Waals surface area contributed by atoms with Crippen LogP contribution in [0, 0.1) is 0 Å². The molecule has 0 aromatic rings. The Morgan fingerprint density at radius 2 is 2.14 bits per heavy atom. The van der Waals surface area contributed by atoms with Gasteiger partial charge in [0.05, 0.1) is 0 Å². The predicted molar refractivity (Wildman–Crippen MR) is 29.9 cm³/mol. The fourth-order valence-electron chi connectivity index (χ4n) is 0.240. The lowest BCUT2D eigenvalue weighted by Crippen LogP contribution is -2.38. The Morgan fingerprint density at radius 3 is 2.29 bits per heavy atom. The fourth-order valence-corrected chi connectivity index (χ4v) is 0.240. The van der Waals surface area contributed by atoms with E-state index >= 15 is 0 Å². The summed E-state index contributed by atoms with van der Waals surface area (Å²) in [7, 11) is 0. The topological polar surface area (TPSA) is 55.3 Å². The van der Waals surface area contributed by atoms with E-state index in [-0.39, 0.29) is 0 Å². The van der Waals surface area contributed by atoms with E-state index in [1.807, 2.05) is 0 Å². The van der Waals surface area contributed by atoms with Gasteiger partial charge in [-0.1, -0.05) is 6.08 Å². The number of hydrazine groups is 2. The average Bonchev–Trinajstić information content (AvgIpc) is 1.61. The summed E-state index contributed by atoms with van der Waals surface area (Å²) in [4.78, 5) is 0. The molecule has 3 heteroatoms. The Morgan fingerprint density at radius 1 is 1.57 bits per heavy atom. The van der Waals surface area contributed by atoms with Crippen LogP contribution in [0.1, 0.15) is 6.42 Å². The minimum Gasteiger partial charge on any atom is -0.255 e. The zero-order valence-electron chi connectivity index (χ0n) is 4.30. The van der Waals surface area contributed by atoms with Crippen molar-refractivity contribution in [1.29, 1.82) is 0 Å². The minimum absolute atomic E-state index is 0.670. The Hall–Kier alpha value is -0.380. The van der Waals surface area contributed by atoms with Gasteiger partial charge in [-0.25, -0.2) is 0 Å². The second kappa shape index (κ2) is 3.80. The van der Waals surface area contributed by atoms with Gasteiger partial charge in [0.15, 0.2) is 0 Å². The molecule has 0 aliphatic carbocycles. The molecule has 0 aliphatic heterocycles. The second-order valence-electron chi connectivity index (χ2n) is 1.32. The maximum atomic E-state index is 5.04. The molecule has 0 aromatic heterocycles. The highest BCUT2D eigenvalue weighted by molar-refractivity contribution is 4.65. The molecular weight excluding hydrogens is 90.1 g/mol. The molecule has 0 amide bonds. The van der Waals surface area contributed by atoms with Crippen LogP contribution < -0.4 is 11.7 Å². The van der Waals surface area contributed by atoms with E-state index in [9.17, 15) is 0 Å². The summed E-state index contributed by atoms with van der Waals surface area (Å²) < 4.78 is 0. The van der Waals surface area contributed by atoms with Crippen LogP contribution in [0.2, 0.25) is 0 Å². The molecule has 4 N–H and O–H groups in total. The lowest BCUT2D eigenvalue weighted by atomic mass is 10.4. The van der Waals surface area contributed by atoms with Gasteiger partial charge >= 0.3 is 0 Å². The van der Waals surface area contributed by atoms with E-state index in [1.54, 1.807) is 6.08 Å². The van der Waals surface area contributed by atoms with Crippen molar-refractivity contribution < 1.29 is 0 Å². The highest BCUT2D eigenvalue weighted by atomic mass is 15.6. The normalized spacial score (nSPS) is 9.57. The molecule has 0 unspecified atom stereocenters.